The summed E-state index contributed by atoms with van der Waals surface area (Å²) in [6, 6.07) is 5.92. The number of likely N-dealkylation sites (tertiary alicyclic amines) is 1. The third-order valence-electron chi connectivity index (χ3n) is 4.67. The molecule has 1 amide bonds. The van der Waals surface area contributed by atoms with Crippen LogP contribution in [-0.4, -0.2) is 41.1 Å². The number of piperidine rings is 1. The van der Waals surface area contributed by atoms with Gasteiger partial charge < -0.3 is 10.4 Å². The highest BCUT2D eigenvalue weighted by Crippen LogP contribution is 2.29. The summed E-state index contributed by atoms with van der Waals surface area (Å²) in [7, 11) is 0. The van der Waals surface area contributed by atoms with Crippen molar-refractivity contribution in [1.29, 1.82) is 0 Å². The van der Waals surface area contributed by atoms with Crippen LogP contribution in [0.15, 0.2) is 24.3 Å². The van der Waals surface area contributed by atoms with Crippen LogP contribution in [0, 0.1) is 11.7 Å². The molecule has 3 atom stereocenters. The summed E-state index contributed by atoms with van der Waals surface area (Å²) in [6.45, 7) is 3.26. The van der Waals surface area contributed by atoms with Crippen LogP contribution in [0.4, 0.5) is 4.39 Å². The summed E-state index contributed by atoms with van der Waals surface area (Å²) < 4.78 is 13.2. The second-order valence-corrected chi connectivity index (χ2v) is 6.57. The van der Waals surface area contributed by atoms with Gasteiger partial charge in [-0.1, -0.05) is 19.1 Å². The van der Waals surface area contributed by atoms with Gasteiger partial charge in [-0.2, -0.15) is 0 Å². The summed E-state index contributed by atoms with van der Waals surface area (Å²) in [5.74, 6) is -0.107. The van der Waals surface area contributed by atoms with Gasteiger partial charge in [-0.05, 0) is 49.4 Å². The van der Waals surface area contributed by atoms with Gasteiger partial charge in [0.2, 0.25) is 5.91 Å². The number of nitrogens with zero attached hydrogens (tertiary/aromatic N) is 1. The van der Waals surface area contributed by atoms with Gasteiger partial charge in [0.05, 0.1) is 6.10 Å². The number of benzene rings is 1. The van der Waals surface area contributed by atoms with Crippen molar-refractivity contribution in [3.05, 3.63) is 35.6 Å². The number of hydrogen-bond acceptors (Lipinski definition) is 3. The lowest BCUT2D eigenvalue weighted by molar-refractivity contribution is -0.128. The number of aliphatic hydroxyl groups is 1. The molecular weight excluding hydrogens is 283 g/mol. The fraction of sp³-hybridized carbons (Fsp3) is 0.588. The molecular formula is C17H23FN2O2. The first-order chi connectivity index (χ1) is 10.5. The minimum Gasteiger partial charge on any atom is -0.392 e. The zero-order valence-electron chi connectivity index (χ0n) is 12.8. The molecule has 2 aliphatic rings. The summed E-state index contributed by atoms with van der Waals surface area (Å²) in [6.07, 6.45) is 2.49. The van der Waals surface area contributed by atoms with Crippen molar-refractivity contribution >= 4 is 5.91 Å². The van der Waals surface area contributed by atoms with Crippen molar-refractivity contribution < 1.29 is 14.3 Å². The summed E-state index contributed by atoms with van der Waals surface area (Å²) in [5, 5.41) is 13.2. The molecule has 5 heteroatoms. The zero-order valence-corrected chi connectivity index (χ0v) is 12.8. The molecule has 0 aromatic heterocycles. The van der Waals surface area contributed by atoms with E-state index in [1.54, 1.807) is 12.1 Å². The van der Waals surface area contributed by atoms with Crippen LogP contribution in [0.2, 0.25) is 0 Å². The Morgan fingerprint density at radius 3 is 2.59 bits per heavy atom. The lowest BCUT2D eigenvalue weighted by atomic mass is 9.93. The predicted molar refractivity (Wildman–Crippen MR) is 81.7 cm³/mol. The first-order valence-corrected chi connectivity index (χ1v) is 8.02. The molecule has 2 fully saturated rings. The molecule has 1 heterocycles. The van der Waals surface area contributed by atoms with E-state index in [2.05, 4.69) is 5.32 Å². The van der Waals surface area contributed by atoms with Gasteiger partial charge in [-0.25, -0.2) is 4.39 Å². The van der Waals surface area contributed by atoms with E-state index in [-0.39, 0.29) is 23.7 Å². The molecule has 1 aromatic rings. The van der Waals surface area contributed by atoms with Crippen molar-refractivity contribution in [2.75, 3.05) is 13.1 Å². The van der Waals surface area contributed by atoms with Gasteiger partial charge in [0.25, 0.3) is 0 Å². The largest absolute Gasteiger partial charge is 0.392 e. The highest BCUT2D eigenvalue weighted by molar-refractivity contribution is 5.83. The molecule has 3 rings (SSSR count). The summed E-state index contributed by atoms with van der Waals surface area (Å²) in [4.78, 5) is 14.6. The highest BCUT2D eigenvalue weighted by atomic mass is 19.1. The van der Waals surface area contributed by atoms with Crippen molar-refractivity contribution in [3.63, 3.8) is 0 Å². The van der Waals surface area contributed by atoms with Gasteiger partial charge in [-0.15, -0.1) is 0 Å². The normalized spacial score (nSPS) is 27.4. The molecule has 1 aliphatic carbocycles. The van der Waals surface area contributed by atoms with E-state index in [0.717, 1.165) is 31.4 Å². The number of rotatable bonds is 4. The number of carbonyl (C=O) groups excluding carboxylic acids is 1. The number of aliphatic hydroxyl groups excluding tert-OH is 1. The topological polar surface area (TPSA) is 52.6 Å². The van der Waals surface area contributed by atoms with Gasteiger partial charge >= 0.3 is 0 Å². The van der Waals surface area contributed by atoms with Gasteiger partial charge in [0.15, 0.2) is 0 Å². The third-order valence-corrected chi connectivity index (χ3v) is 4.67. The van der Waals surface area contributed by atoms with E-state index in [1.165, 1.54) is 12.1 Å². The quantitative estimate of drug-likeness (QED) is 0.892. The van der Waals surface area contributed by atoms with Crippen molar-refractivity contribution in [2.24, 2.45) is 5.92 Å². The molecule has 1 aromatic carbocycles. The highest BCUT2D eigenvalue weighted by Gasteiger charge is 2.35. The Bertz CT molecular complexity index is 530. The van der Waals surface area contributed by atoms with E-state index in [1.807, 2.05) is 11.8 Å². The second kappa shape index (κ2) is 6.34. The average Bonchev–Trinajstić information content (AvgIpc) is 3.29. The number of hydrogen-bond donors (Lipinski definition) is 2. The Morgan fingerprint density at radius 1 is 1.32 bits per heavy atom. The lowest BCUT2D eigenvalue weighted by Crippen LogP contribution is -2.49. The molecule has 1 aliphatic heterocycles. The fourth-order valence-corrected chi connectivity index (χ4v) is 2.99. The second-order valence-electron chi connectivity index (χ2n) is 6.57. The molecule has 0 spiro atoms. The number of halogens is 1. The van der Waals surface area contributed by atoms with Crippen LogP contribution >= 0.6 is 0 Å². The van der Waals surface area contributed by atoms with Crippen LogP contribution in [0.3, 0.4) is 0 Å². The van der Waals surface area contributed by atoms with E-state index in [4.69, 9.17) is 0 Å². The fourth-order valence-electron chi connectivity index (χ4n) is 2.99. The summed E-state index contributed by atoms with van der Waals surface area (Å²) >= 11 is 0. The zero-order chi connectivity index (χ0) is 15.7. The molecule has 2 N–H and O–H groups in total. The maximum Gasteiger partial charge on any atom is 0.242 e. The van der Waals surface area contributed by atoms with Crippen LogP contribution in [0.5, 0.6) is 0 Å². The molecule has 22 heavy (non-hydrogen) atoms. The Labute approximate surface area is 130 Å². The maximum atomic E-state index is 13.2. The number of nitrogens with one attached hydrogen (secondary N) is 1. The SMILES string of the molecule is CC1CCN(C(C(=O)NC2CC2)c2ccc(F)cc2)CC1O. The average molecular weight is 306 g/mol. The Hall–Kier alpha value is -1.46. The van der Waals surface area contributed by atoms with Crippen LogP contribution in [0.25, 0.3) is 0 Å². The Balaban J connectivity index is 1.81. The minimum absolute atomic E-state index is 0.0455. The van der Waals surface area contributed by atoms with E-state index >= 15 is 0 Å². The predicted octanol–water partition coefficient (Wildman–Crippen LogP) is 1.85. The Kier molecular flexibility index (Phi) is 4.45. The molecule has 0 bridgehead atoms. The van der Waals surface area contributed by atoms with Crippen LogP contribution in [-0.2, 0) is 4.79 Å². The van der Waals surface area contributed by atoms with Crippen LogP contribution in [0.1, 0.15) is 37.8 Å². The molecule has 0 radical (unpaired) electrons. The monoisotopic (exact) mass is 306 g/mol. The first-order valence-electron chi connectivity index (χ1n) is 8.02. The minimum atomic E-state index is -0.455. The molecule has 4 nitrogen and oxygen atoms in total. The lowest BCUT2D eigenvalue weighted by Gasteiger charge is -2.38. The first kappa shape index (κ1) is 15.4. The molecule has 1 saturated heterocycles. The molecule has 3 unspecified atom stereocenters. The van der Waals surface area contributed by atoms with Crippen LogP contribution < -0.4 is 5.32 Å². The third kappa shape index (κ3) is 3.47. The molecule has 1 saturated carbocycles. The van der Waals surface area contributed by atoms with Gasteiger partial charge in [0, 0.05) is 12.6 Å². The van der Waals surface area contributed by atoms with Gasteiger partial charge in [0.1, 0.15) is 11.9 Å². The van der Waals surface area contributed by atoms with E-state index in [9.17, 15) is 14.3 Å². The van der Waals surface area contributed by atoms with E-state index in [0.29, 0.717) is 6.54 Å². The van der Waals surface area contributed by atoms with Crippen molar-refractivity contribution in [3.8, 4) is 0 Å². The maximum absolute atomic E-state index is 13.2. The summed E-state index contributed by atoms with van der Waals surface area (Å²) in [5.41, 5.74) is 0.779. The Morgan fingerprint density at radius 2 is 2.00 bits per heavy atom. The standard InChI is InChI=1S/C17H23FN2O2/c1-11-8-9-20(10-15(11)21)16(17(22)19-14-6-7-14)12-2-4-13(18)5-3-12/h2-5,11,14-16,21H,6-10H2,1H3,(H,19,22). The van der Waals surface area contributed by atoms with Crippen molar-refractivity contribution in [1.82, 2.24) is 10.2 Å². The van der Waals surface area contributed by atoms with Crippen molar-refractivity contribution in [2.45, 2.75) is 44.4 Å². The number of β-amino-alcohol motifs (C(OH)–C–C–N with tert-alkyl or cyclic N) is 1. The molecule has 120 valence electrons. The van der Waals surface area contributed by atoms with E-state index < -0.39 is 12.1 Å². The van der Waals surface area contributed by atoms with Gasteiger partial charge in [-0.3, -0.25) is 9.69 Å². The number of carbonyl (C=O) groups is 1. The smallest absolute Gasteiger partial charge is 0.242 e. The number of amides is 1.